The van der Waals surface area contributed by atoms with Crippen LogP contribution in [0, 0.1) is 0 Å². The van der Waals surface area contributed by atoms with Gasteiger partial charge in [0.25, 0.3) is 0 Å². The van der Waals surface area contributed by atoms with E-state index in [2.05, 4.69) is 19.2 Å². The molecule has 1 unspecified atom stereocenters. The summed E-state index contributed by atoms with van der Waals surface area (Å²) in [5.74, 6) is 0. The first-order valence-electron chi connectivity index (χ1n) is 5.75. The Morgan fingerprint density at radius 3 is 2.79 bits per heavy atom. The highest BCUT2D eigenvalue weighted by atomic mass is 16.5. The topological polar surface area (TPSA) is 30.5 Å². The van der Waals surface area contributed by atoms with Crippen LogP contribution < -0.4 is 5.32 Å². The predicted octanol–water partition coefficient (Wildman–Crippen LogP) is 1.57. The third kappa shape index (κ3) is 4.94. The van der Waals surface area contributed by atoms with Crippen molar-refractivity contribution in [3.05, 3.63) is 0 Å². The maximum atomic E-state index is 5.80. The highest BCUT2D eigenvalue weighted by molar-refractivity contribution is 4.65. The summed E-state index contributed by atoms with van der Waals surface area (Å²) in [6, 6.07) is 0.470. The lowest BCUT2D eigenvalue weighted by Gasteiger charge is -2.24. The molecule has 1 atom stereocenters. The molecule has 0 radical (unpaired) electrons. The van der Waals surface area contributed by atoms with Gasteiger partial charge in [-0.2, -0.15) is 0 Å². The zero-order valence-electron chi connectivity index (χ0n) is 9.42. The van der Waals surface area contributed by atoms with Gasteiger partial charge >= 0.3 is 0 Å². The standard InChI is InChI=1S/C11H23NO2/c1-3-6-12-10(2)9-14-11-4-7-13-8-5-11/h10-12H,3-9H2,1-2H3. The first-order chi connectivity index (χ1) is 6.83. The predicted molar refractivity (Wildman–Crippen MR) is 57.5 cm³/mol. The van der Waals surface area contributed by atoms with Gasteiger partial charge in [0.05, 0.1) is 12.7 Å². The molecule has 14 heavy (non-hydrogen) atoms. The van der Waals surface area contributed by atoms with E-state index < -0.39 is 0 Å². The second kappa shape index (κ2) is 7.21. The molecule has 0 bridgehead atoms. The van der Waals surface area contributed by atoms with Crippen molar-refractivity contribution in [2.45, 2.75) is 45.3 Å². The van der Waals surface area contributed by atoms with E-state index >= 15 is 0 Å². The Kier molecular flexibility index (Phi) is 6.15. The summed E-state index contributed by atoms with van der Waals surface area (Å²) in [5, 5.41) is 3.42. The van der Waals surface area contributed by atoms with Gasteiger partial charge in [-0.25, -0.2) is 0 Å². The molecule has 1 aliphatic heterocycles. The average molecular weight is 201 g/mol. The van der Waals surface area contributed by atoms with Gasteiger partial charge in [-0.15, -0.1) is 0 Å². The van der Waals surface area contributed by atoms with Crippen LogP contribution in [0.5, 0.6) is 0 Å². The summed E-state index contributed by atoms with van der Waals surface area (Å²) in [5.41, 5.74) is 0. The Morgan fingerprint density at radius 2 is 2.14 bits per heavy atom. The number of hydrogen-bond donors (Lipinski definition) is 1. The van der Waals surface area contributed by atoms with E-state index in [0.29, 0.717) is 12.1 Å². The molecule has 1 N–H and O–H groups in total. The van der Waals surface area contributed by atoms with Gasteiger partial charge in [0.2, 0.25) is 0 Å². The van der Waals surface area contributed by atoms with E-state index in [1.807, 2.05) is 0 Å². The summed E-state index contributed by atoms with van der Waals surface area (Å²) in [7, 11) is 0. The van der Waals surface area contributed by atoms with Crippen LogP contribution in [0.1, 0.15) is 33.1 Å². The molecule has 0 spiro atoms. The molecule has 1 heterocycles. The average Bonchev–Trinajstić information content (AvgIpc) is 2.25. The van der Waals surface area contributed by atoms with E-state index in [4.69, 9.17) is 9.47 Å². The minimum Gasteiger partial charge on any atom is -0.381 e. The Labute approximate surface area is 87.2 Å². The van der Waals surface area contributed by atoms with Crippen molar-refractivity contribution in [2.75, 3.05) is 26.4 Å². The Bertz CT molecular complexity index is 135. The summed E-state index contributed by atoms with van der Waals surface area (Å²) in [4.78, 5) is 0. The van der Waals surface area contributed by atoms with Crippen LogP contribution in [0.3, 0.4) is 0 Å². The van der Waals surface area contributed by atoms with Gasteiger partial charge in [-0.3, -0.25) is 0 Å². The van der Waals surface area contributed by atoms with Crippen LogP contribution in [-0.2, 0) is 9.47 Å². The summed E-state index contributed by atoms with van der Waals surface area (Å²) < 4.78 is 11.1. The highest BCUT2D eigenvalue weighted by Gasteiger charge is 2.14. The molecule has 1 aliphatic rings. The first kappa shape index (κ1) is 12.0. The van der Waals surface area contributed by atoms with Gasteiger partial charge in [0, 0.05) is 19.3 Å². The van der Waals surface area contributed by atoms with Crippen LogP contribution in [0.4, 0.5) is 0 Å². The monoisotopic (exact) mass is 201 g/mol. The maximum Gasteiger partial charge on any atom is 0.0620 e. The second-order valence-electron chi connectivity index (χ2n) is 4.00. The maximum absolute atomic E-state index is 5.80. The van der Waals surface area contributed by atoms with Crippen molar-refractivity contribution in [3.8, 4) is 0 Å². The number of ether oxygens (including phenoxy) is 2. The molecular weight excluding hydrogens is 178 g/mol. The zero-order chi connectivity index (χ0) is 10.2. The lowest BCUT2D eigenvalue weighted by atomic mass is 10.1. The van der Waals surface area contributed by atoms with E-state index in [9.17, 15) is 0 Å². The minimum absolute atomic E-state index is 0.426. The van der Waals surface area contributed by atoms with Crippen LogP contribution in [0.15, 0.2) is 0 Å². The number of rotatable bonds is 6. The van der Waals surface area contributed by atoms with Crippen molar-refractivity contribution < 1.29 is 9.47 Å². The van der Waals surface area contributed by atoms with Crippen molar-refractivity contribution >= 4 is 0 Å². The lowest BCUT2D eigenvalue weighted by Crippen LogP contribution is -2.34. The molecule has 0 saturated carbocycles. The summed E-state index contributed by atoms with van der Waals surface area (Å²) >= 11 is 0. The molecule has 0 aromatic rings. The van der Waals surface area contributed by atoms with Crippen molar-refractivity contribution in [1.82, 2.24) is 5.32 Å². The Morgan fingerprint density at radius 1 is 1.43 bits per heavy atom. The lowest BCUT2D eigenvalue weighted by molar-refractivity contribution is -0.0368. The van der Waals surface area contributed by atoms with Gasteiger partial charge < -0.3 is 14.8 Å². The van der Waals surface area contributed by atoms with Gasteiger partial charge in [0.1, 0.15) is 0 Å². The Balaban J connectivity index is 2.00. The van der Waals surface area contributed by atoms with Crippen LogP contribution in [0.2, 0.25) is 0 Å². The fraction of sp³-hybridized carbons (Fsp3) is 1.00. The fourth-order valence-electron chi connectivity index (χ4n) is 1.57. The van der Waals surface area contributed by atoms with E-state index in [1.54, 1.807) is 0 Å². The first-order valence-corrected chi connectivity index (χ1v) is 5.75. The molecule has 1 saturated heterocycles. The van der Waals surface area contributed by atoms with Crippen molar-refractivity contribution in [3.63, 3.8) is 0 Å². The van der Waals surface area contributed by atoms with E-state index in [-0.39, 0.29) is 0 Å². The fourth-order valence-corrected chi connectivity index (χ4v) is 1.57. The number of hydrogen-bond acceptors (Lipinski definition) is 3. The molecule has 0 amide bonds. The third-order valence-electron chi connectivity index (χ3n) is 2.49. The number of nitrogens with one attached hydrogen (secondary N) is 1. The highest BCUT2D eigenvalue weighted by Crippen LogP contribution is 2.10. The third-order valence-corrected chi connectivity index (χ3v) is 2.49. The smallest absolute Gasteiger partial charge is 0.0620 e. The molecule has 0 aromatic carbocycles. The SMILES string of the molecule is CCCNC(C)COC1CCOCC1. The molecule has 1 fully saturated rings. The van der Waals surface area contributed by atoms with E-state index in [1.165, 1.54) is 6.42 Å². The van der Waals surface area contributed by atoms with Crippen LogP contribution >= 0.6 is 0 Å². The van der Waals surface area contributed by atoms with Crippen LogP contribution in [0.25, 0.3) is 0 Å². The Hall–Kier alpha value is -0.120. The van der Waals surface area contributed by atoms with Crippen LogP contribution in [-0.4, -0.2) is 38.5 Å². The van der Waals surface area contributed by atoms with Crippen molar-refractivity contribution in [2.24, 2.45) is 0 Å². The quantitative estimate of drug-likeness (QED) is 0.707. The zero-order valence-corrected chi connectivity index (χ0v) is 9.42. The second-order valence-corrected chi connectivity index (χ2v) is 4.00. The molecule has 1 rings (SSSR count). The van der Waals surface area contributed by atoms with Crippen molar-refractivity contribution in [1.29, 1.82) is 0 Å². The molecule has 84 valence electrons. The van der Waals surface area contributed by atoms with Gasteiger partial charge in [-0.05, 0) is 32.7 Å². The van der Waals surface area contributed by atoms with E-state index in [0.717, 1.165) is 39.2 Å². The summed E-state index contributed by atoms with van der Waals surface area (Å²) in [6.07, 6.45) is 3.72. The van der Waals surface area contributed by atoms with Gasteiger partial charge in [0.15, 0.2) is 0 Å². The largest absolute Gasteiger partial charge is 0.381 e. The van der Waals surface area contributed by atoms with Gasteiger partial charge in [-0.1, -0.05) is 6.92 Å². The normalized spacial score (nSPS) is 21.0. The molecule has 0 aliphatic carbocycles. The molecule has 3 heteroatoms. The molecule has 0 aromatic heterocycles. The molecule has 3 nitrogen and oxygen atoms in total. The summed E-state index contributed by atoms with van der Waals surface area (Å²) in [6.45, 7) is 7.99. The molecular formula is C11H23NO2. The minimum atomic E-state index is 0.426.